The van der Waals surface area contributed by atoms with Gasteiger partial charge in [0.2, 0.25) is 12.7 Å². The fourth-order valence-electron chi connectivity index (χ4n) is 3.23. The van der Waals surface area contributed by atoms with Gasteiger partial charge in [0.05, 0.1) is 42.8 Å². The Bertz CT molecular complexity index is 999. The summed E-state index contributed by atoms with van der Waals surface area (Å²) < 4.78 is 8.16. The van der Waals surface area contributed by atoms with Crippen molar-refractivity contribution in [3.63, 3.8) is 0 Å². The lowest BCUT2D eigenvalue weighted by Gasteiger charge is -2.12. The highest BCUT2D eigenvalue weighted by Crippen LogP contribution is 2.34. The fraction of sp³-hybridized carbons (Fsp3) is 0.400. The second-order valence-corrected chi connectivity index (χ2v) is 7.71. The maximum absolute atomic E-state index is 11.4. The molecule has 2 aromatic heterocycles. The molecule has 160 valence electrons. The van der Waals surface area contributed by atoms with Gasteiger partial charge in [-0.2, -0.15) is 0 Å². The smallest absolute Gasteiger partial charge is 0.293 e. The zero-order valence-electron chi connectivity index (χ0n) is 17.3. The van der Waals surface area contributed by atoms with Crippen LogP contribution in [0.25, 0.3) is 0 Å². The maximum atomic E-state index is 11.4. The van der Waals surface area contributed by atoms with Gasteiger partial charge in [-0.25, -0.2) is 18.3 Å². The van der Waals surface area contributed by atoms with Crippen molar-refractivity contribution in [2.45, 2.75) is 25.9 Å². The van der Waals surface area contributed by atoms with Gasteiger partial charge in [0.25, 0.3) is 5.69 Å². The molecule has 0 atom stereocenters. The minimum absolute atomic E-state index is 0.0160. The monoisotopic (exact) mass is 433 g/mol. The molecule has 3 rings (SSSR count). The molecule has 0 aliphatic carbocycles. The zero-order valence-corrected chi connectivity index (χ0v) is 18.0. The molecule has 1 aromatic carbocycles. The number of benzene rings is 1. The van der Waals surface area contributed by atoms with E-state index in [4.69, 9.17) is 11.6 Å². The van der Waals surface area contributed by atoms with E-state index in [1.165, 1.54) is 6.07 Å². The summed E-state index contributed by atoms with van der Waals surface area (Å²) in [6.45, 7) is 3.04. The molecular weight excluding hydrogens is 406 g/mol. The van der Waals surface area contributed by atoms with Gasteiger partial charge in [0.15, 0.2) is 0 Å². The fourth-order valence-corrected chi connectivity index (χ4v) is 3.45. The van der Waals surface area contributed by atoms with Crippen molar-refractivity contribution in [1.82, 2.24) is 9.13 Å². The number of aryl methyl sites for hydroxylation is 4. The molecule has 0 aliphatic rings. The second-order valence-electron chi connectivity index (χ2n) is 7.30. The Labute approximate surface area is 180 Å². The van der Waals surface area contributed by atoms with E-state index >= 15 is 0 Å². The molecule has 3 aromatic rings. The molecule has 30 heavy (non-hydrogen) atoms. The van der Waals surface area contributed by atoms with Crippen molar-refractivity contribution >= 4 is 28.7 Å². The number of hydrogen-bond donors (Lipinski definition) is 2. The molecule has 0 saturated heterocycles. The first-order chi connectivity index (χ1) is 14.4. The van der Waals surface area contributed by atoms with Crippen molar-refractivity contribution in [2.75, 3.05) is 23.7 Å². The van der Waals surface area contributed by atoms with Gasteiger partial charge in [-0.3, -0.25) is 10.1 Å². The average Bonchev–Trinajstić information content (AvgIpc) is 3.31. The summed E-state index contributed by atoms with van der Waals surface area (Å²) in [5, 5.41) is 18.3. The molecule has 2 N–H and O–H groups in total. The summed E-state index contributed by atoms with van der Waals surface area (Å²) >= 11 is 6.28. The Morgan fingerprint density at radius 2 is 1.50 bits per heavy atom. The Balaban J connectivity index is 1.56. The number of imidazole rings is 2. The molecule has 0 saturated carbocycles. The van der Waals surface area contributed by atoms with E-state index in [0.29, 0.717) is 29.5 Å². The summed E-state index contributed by atoms with van der Waals surface area (Å²) in [5.74, 6) is 0. The zero-order chi connectivity index (χ0) is 21.5. The van der Waals surface area contributed by atoms with Crippen molar-refractivity contribution in [3.05, 3.63) is 64.7 Å². The van der Waals surface area contributed by atoms with Crippen LogP contribution in [0, 0.1) is 10.1 Å². The predicted molar refractivity (Wildman–Crippen MR) is 116 cm³/mol. The minimum atomic E-state index is -0.407. The van der Waals surface area contributed by atoms with E-state index in [1.807, 2.05) is 60.7 Å². The van der Waals surface area contributed by atoms with E-state index in [-0.39, 0.29) is 5.69 Å². The van der Waals surface area contributed by atoms with Crippen LogP contribution in [0.4, 0.5) is 17.1 Å². The third-order valence-electron chi connectivity index (χ3n) is 4.75. The maximum Gasteiger partial charge on any atom is 0.293 e. The molecule has 2 heterocycles. The highest BCUT2D eigenvalue weighted by atomic mass is 35.5. The quantitative estimate of drug-likeness (QED) is 0.210. The lowest BCUT2D eigenvalue weighted by Crippen LogP contribution is -2.23. The molecule has 0 fully saturated rings. The summed E-state index contributed by atoms with van der Waals surface area (Å²) in [6.07, 6.45) is 13.8. The first kappa shape index (κ1) is 21.6. The Morgan fingerprint density at radius 1 is 0.967 bits per heavy atom. The van der Waals surface area contributed by atoms with E-state index in [0.717, 1.165) is 25.9 Å². The summed E-state index contributed by atoms with van der Waals surface area (Å²) in [4.78, 5) is 11.0. The predicted octanol–water partition coefficient (Wildman–Crippen LogP) is 2.50. The van der Waals surface area contributed by atoms with Crippen LogP contribution in [0.5, 0.6) is 0 Å². The van der Waals surface area contributed by atoms with Gasteiger partial charge in [-0.05, 0) is 6.07 Å². The topological polar surface area (TPSA) is 84.8 Å². The standard InChI is InChI=1S/C20H28ClN7O2/c1-24-9-11-26(15-24)7-3-5-22-18-14-19(20(28(29)30)13-17(18)21)23-6-4-8-27-12-10-25(2)16-27/h9-16,22-23H,3-8H2,1-2H3/q+2. The van der Waals surface area contributed by atoms with Crippen LogP contribution >= 0.6 is 11.6 Å². The number of halogens is 1. The van der Waals surface area contributed by atoms with Crippen LogP contribution < -0.4 is 19.8 Å². The van der Waals surface area contributed by atoms with Crippen molar-refractivity contribution in [3.8, 4) is 0 Å². The lowest BCUT2D eigenvalue weighted by atomic mass is 10.2. The van der Waals surface area contributed by atoms with Crippen LogP contribution in [0.15, 0.2) is 49.6 Å². The number of nitrogens with zero attached hydrogens (tertiary/aromatic N) is 5. The summed E-state index contributed by atoms with van der Waals surface area (Å²) in [6, 6.07) is 3.13. The third-order valence-corrected chi connectivity index (χ3v) is 5.06. The minimum Gasteiger partial charge on any atom is -0.384 e. The van der Waals surface area contributed by atoms with E-state index in [2.05, 4.69) is 19.8 Å². The lowest BCUT2D eigenvalue weighted by molar-refractivity contribution is -0.671. The number of nitrogens with one attached hydrogen (secondary N) is 2. The number of hydrogen-bond acceptors (Lipinski definition) is 4. The molecule has 9 nitrogen and oxygen atoms in total. The normalized spacial score (nSPS) is 10.9. The Kier molecular flexibility index (Phi) is 7.29. The summed E-state index contributed by atoms with van der Waals surface area (Å²) in [7, 11) is 3.96. The van der Waals surface area contributed by atoms with Crippen LogP contribution in [0.1, 0.15) is 12.8 Å². The van der Waals surface area contributed by atoms with Gasteiger partial charge >= 0.3 is 0 Å². The second kappa shape index (κ2) is 10.1. The van der Waals surface area contributed by atoms with Crippen LogP contribution in [0.3, 0.4) is 0 Å². The Hall–Kier alpha value is -3.07. The molecule has 0 radical (unpaired) electrons. The largest absolute Gasteiger partial charge is 0.384 e. The van der Waals surface area contributed by atoms with Crippen LogP contribution in [0.2, 0.25) is 5.02 Å². The molecule has 10 heteroatoms. The first-order valence-electron chi connectivity index (χ1n) is 9.90. The molecule has 0 amide bonds. The average molecular weight is 434 g/mol. The van der Waals surface area contributed by atoms with E-state index < -0.39 is 4.92 Å². The molecule has 0 unspecified atom stereocenters. The molecule has 0 aliphatic heterocycles. The van der Waals surface area contributed by atoms with Gasteiger partial charge < -0.3 is 10.6 Å². The number of rotatable bonds is 11. The van der Waals surface area contributed by atoms with Gasteiger partial charge in [0, 0.05) is 32.0 Å². The third kappa shape index (κ3) is 5.96. The molecular formula is C20H28ClN7O2+2. The molecule has 0 bridgehead atoms. The van der Waals surface area contributed by atoms with Gasteiger partial charge in [-0.1, -0.05) is 11.6 Å². The highest BCUT2D eigenvalue weighted by molar-refractivity contribution is 6.33. The molecule has 0 spiro atoms. The van der Waals surface area contributed by atoms with Gasteiger partial charge in [0.1, 0.15) is 30.5 Å². The number of nitro benzene ring substituents is 1. The number of anilines is 2. The van der Waals surface area contributed by atoms with Crippen molar-refractivity contribution in [1.29, 1.82) is 0 Å². The SMILES string of the molecule is C[n+]1ccn(CCCNc2cc(NCCCn3cc[n+](C)c3)c([N+](=O)[O-])cc2Cl)c1. The van der Waals surface area contributed by atoms with Crippen LogP contribution in [-0.2, 0) is 27.2 Å². The van der Waals surface area contributed by atoms with Gasteiger partial charge in [-0.15, -0.1) is 0 Å². The van der Waals surface area contributed by atoms with E-state index in [9.17, 15) is 10.1 Å². The highest BCUT2D eigenvalue weighted by Gasteiger charge is 2.17. The van der Waals surface area contributed by atoms with Crippen LogP contribution in [-0.4, -0.2) is 27.1 Å². The number of nitro groups is 1. The number of aromatic nitrogens is 4. The van der Waals surface area contributed by atoms with E-state index in [1.54, 1.807) is 6.07 Å². The first-order valence-corrected chi connectivity index (χ1v) is 10.3. The van der Waals surface area contributed by atoms with Crippen molar-refractivity contribution in [2.24, 2.45) is 14.1 Å². The summed E-state index contributed by atoms with van der Waals surface area (Å²) in [5.41, 5.74) is 1.15. The Morgan fingerprint density at radius 3 is 1.97 bits per heavy atom. The van der Waals surface area contributed by atoms with Crippen molar-refractivity contribution < 1.29 is 14.1 Å².